The standard InChI is InChI=1S/C21H15O3S/c1-24-21(23)14-7-6-8-15(13-14)25-18-11-4-2-9-16(18)20(22)17-10-3-5-12-19(17)25/h2-13H,1H3/q+1. The second kappa shape index (κ2) is 6.15. The molecular weight excluding hydrogens is 332 g/mol. The number of rotatable bonds is 2. The first-order valence-corrected chi connectivity index (χ1v) is 9.08. The van der Waals surface area contributed by atoms with Crippen molar-refractivity contribution in [2.45, 2.75) is 0 Å². The summed E-state index contributed by atoms with van der Waals surface area (Å²) in [6, 6.07) is 22.9. The molecule has 3 aromatic carbocycles. The Kier molecular flexibility index (Phi) is 3.82. The van der Waals surface area contributed by atoms with Crippen molar-refractivity contribution in [2.24, 2.45) is 0 Å². The maximum Gasteiger partial charge on any atom is 0.338 e. The van der Waals surface area contributed by atoms with Gasteiger partial charge < -0.3 is 4.74 Å². The summed E-state index contributed by atoms with van der Waals surface area (Å²) in [5, 5.41) is 1.46. The van der Waals surface area contributed by atoms with Gasteiger partial charge in [0.05, 0.1) is 23.4 Å². The summed E-state index contributed by atoms with van der Waals surface area (Å²) in [6.07, 6.45) is 0. The Morgan fingerprint density at radius 1 is 0.840 bits per heavy atom. The second-order valence-electron chi connectivity index (χ2n) is 5.65. The summed E-state index contributed by atoms with van der Waals surface area (Å²) in [7, 11) is 0.940. The van der Waals surface area contributed by atoms with Crippen molar-refractivity contribution in [3.63, 3.8) is 0 Å². The highest BCUT2D eigenvalue weighted by molar-refractivity contribution is 7.49. The number of esters is 1. The van der Waals surface area contributed by atoms with E-state index in [2.05, 4.69) is 0 Å². The van der Waals surface area contributed by atoms with Gasteiger partial charge in [-0.2, -0.15) is 0 Å². The molecule has 0 radical (unpaired) electrons. The predicted molar refractivity (Wildman–Crippen MR) is 103 cm³/mol. The van der Waals surface area contributed by atoms with Crippen LogP contribution in [0.25, 0.3) is 25.1 Å². The molecule has 1 aromatic heterocycles. The van der Waals surface area contributed by atoms with E-state index in [1.807, 2.05) is 66.7 Å². The van der Waals surface area contributed by atoms with E-state index in [1.54, 1.807) is 6.07 Å². The lowest BCUT2D eigenvalue weighted by molar-refractivity contribution is 0.0601. The third-order valence-corrected chi connectivity index (χ3v) is 6.51. The van der Waals surface area contributed by atoms with E-state index in [1.165, 1.54) is 7.11 Å². The van der Waals surface area contributed by atoms with E-state index >= 15 is 0 Å². The number of fused-ring (bicyclic) bond motifs is 2. The van der Waals surface area contributed by atoms with Gasteiger partial charge in [-0.15, -0.1) is 0 Å². The van der Waals surface area contributed by atoms with Gasteiger partial charge in [-0.25, -0.2) is 4.79 Å². The van der Waals surface area contributed by atoms with Gasteiger partial charge in [0.1, 0.15) is 0 Å². The highest BCUT2D eigenvalue weighted by atomic mass is 32.2. The normalized spacial score (nSPS) is 10.9. The molecule has 0 bridgehead atoms. The summed E-state index contributed by atoms with van der Waals surface area (Å²) in [5.74, 6) is -0.361. The highest BCUT2D eigenvalue weighted by Gasteiger charge is 2.23. The van der Waals surface area contributed by atoms with Crippen molar-refractivity contribution >= 4 is 36.6 Å². The molecule has 4 aromatic rings. The molecule has 0 saturated carbocycles. The maximum atomic E-state index is 12.8. The lowest BCUT2D eigenvalue weighted by Gasteiger charge is -2.04. The zero-order chi connectivity index (χ0) is 17.4. The Bertz CT molecular complexity index is 1110. The van der Waals surface area contributed by atoms with Crippen LogP contribution >= 0.6 is 10.5 Å². The lowest BCUT2D eigenvalue weighted by atomic mass is 10.2. The van der Waals surface area contributed by atoms with E-state index in [4.69, 9.17) is 4.74 Å². The third kappa shape index (κ3) is 2.51. The molecule has 25 heavy (non-hydrogen) atoms. The first-order valence-electron chi connectivity index (χ1n) is 7.86. The number of carbonyl (C=O) groups excluding carboxylic acids is 1. The van der Waals surface area contributed by atoms with E-state index in [9.17, 15) is 9.59 Å². The fraction of sp³-hybridized carbons (Fsp3) is 0.0476. The lowest BCUT2D eigenvalue weighted by Crippen LogP contribution is -2.03. The maximum absolute atomic E-state index is 12.8. The van der Waals surface area contributed by atoms with Gasteiger partial charge >= 0.3 is 5.97 Å². The number of carbonyl (C=O) groups is 1. The Morgan fingerprint density at radius 3 is 2.04 bits per heavy atom. The second-order valence-corrected chi connectivity index (χ2v) is 7.61. The molecule has 0 unspecified atom stereocenters. The van der Waals surface area contributed by atoms with Crippen LogP contribution in [0.5, 0.6) is 0 Å². The van der Waals surface area contributed by atoms with Gasteiger partial charge in [0.15, 0.2) is 14.3 Å². The van der Waals surface area contributed by atoms with Gasteiger partial charge in [-0.3, -0.25) is 4.79 Å². The van der Waals surface area contributed by atoms with Crippen LogP contribution in [-0.2, 0) is 4.74 Å². The van der Waals surface area contributed by atoms with Gasteiger partial charge in [-0.05, 0) is 36.4 Å². The molecule has 4 rings (SSSR count). The molecule has 0 aliphatic carbocycles. The van der Waals surface area contributed by atoms with Gasteiger partial charge in [0, 0.05) is 16.5 Å². The van der Waals surface area contributed by atoms with Crippen LogP contribution in [0.3, 0.4) is 0 Å². The number of hydrogen-bond acceptors (Lipinski definition) is 3. The molecule has 122 valence electrons. The van der Waals surface area contributed by atoms with Crippen LogP contribution in [0.1, 0.15) is 10.4 Å². The minimum absolute atomic E-state index is 0.0547. The van der Waals surface area contributed by atoms with Crippen LogP contribution < -0.4 is 5.43 Å². The first kappa shape index (κ1) is 15.5. The Balaban J connectivity index is 2.15. The molecule has 0 atom stereocenters. The third-order valence-electron chi connectivity index (χ3n) is 4.19. The van der Waals surface area contributed by atoms with Crippen molar-refractivity contribution in [2.75, 3.05) is 7.11 Å². The average molecular weight is 347 g/mol. The fourth-order valence-corrected chi connectivity index (χ4v) is 5.44. The predicted octanol–water partition coefficient (Wildman–Crippen LogP) is 4.88. The molecular formula is C21H15O3S+. The molecule has 0 aliphatic rings. The summed E-state index contributed by atoms with van der Waals surface area (Å²) in [5.41, 5.74) is 0.568. The smallest absolute Gasteiger partial charge is 0.338 e. The molecule has 0 amide bonds. The summed E-state index contributed by atoms with van der Waals surface area (Å²) in [6.45, 7) is 0. The van der Waals surface area contributed by atoms with Crippen molar-refractivity contribution in [1.29, 1.82) is 0 Å². The van der Waals surface area contributed by atoms with E-state index in [0.29, 0.717) is 5.56 Å². The number of methoxy groups -OCH3 is 1. The highest BCUT2D eigenvalue weighted by Crippen LogP contribution is 2.43. The SMILES string of the molecule is COC(=O)c1cccc(-[s+]2c3ccccc3c(=O)c3ccccc32)c1. The molecule has 0 spiro atoms. The molecule has 4 heteroatoms. The Morgan fingerprint density at radius 2 is 1.44 bits per heavy atom. The molecule has 0 saturated heterocycles. The topological polar surface area (TPSA) is 43.4 Å². The Hall–Kier alpha value is -2.98. The molecule has 1 heterocycles. The van der Waals surface area contributed by atoms with Crippen LogP contribution in [0, 0.1) is 0 Å². The van der Waals surface area contributed by atoms with Crippen molar-refractivity contribution < 1.29 is 9.53 Å². The zero-order valence-electron chi connectivity index (χ0n) is 13.6. The quantitative estimate of drug-likeness (QED) is 0.295. The van der Waals surface area contributed by atoms with E-state index < -0.39 is 10.5 Å². The van der Waals surface area contributed by atoms with Gasteiger partial charge in [0.25, 0.3) is 0 Å². The largest absolute Gasteiger partial charge is 0.465 e. The minimum atomic E-state index is -0.436. The summed E-state index contributed by atoms with van der Waals surface area (Å²) >= 11 is 0. The Labute approximate surface area is 147 Å². The van der Waals surface area contributed by atoms with Crippen molar-refractivity contribution in [1.82, 2.24) is 0 Å². The minimum Gasteiger partial charge on any atom is -0.465 e. The van der Waals surface area contributed by atoms with Crippen LogP contribution in [0.15, 0.2) is 77.6 Å². The van der Waals surface area contributed by atoms with Crippen molar-refractivity contribution in [3.05, 3.63) is 88.6 Å². The van der Waals surface area contributed by atoms with Gasteiger partial charge in [-0.1, -0.05) is 30.3 Å². The van der Waals surface area contributed by atoms with Crippen molar-refractivity contribution in [3.8, 4) is 4.90 Å². The molecule has 0 fully saturated rings. The number of hydrogen-bond donors (Lipinski definition) is 0. The molecule has 3 nitrogen and oxygen atoms in total. The summed E-state index contributed by atoms with van der Waals surface area (Å²) in [4.78, 5) is 25.8. The van der Waals surface area contributed by atoms with E-state index in [0.717, 1.165) is 25.1 Å². The fourth-order valence-electron chi connectivity index (χ4n) is 3.05. The molecule has 0 aliphatic heterocycles. The van der Waals surface area contributed by atoms with Crippen LogP contribution in [0.2, 0.25) is 0 Å². The first-order chi connectivity index (χ1) is 12.2. The summed E-state index contributed by atoms with van der Waals surface area (Å²) < 4.78 is 6.83. The van der Waals surface area contributed by atoms with Crippen LogP contribution in [0.4, 0.5) is 0 Å². The monoisotopic (exact) mass is 347 g/mol. The van der Waals surface area contributed by atoms with Gasteiger partial charge in [0.2, 0.25) is 5.43 Å². The van der Waals surface area contributed by atoms with Crippen LogP contribution in [-0.4, -0.2) is 13.1 Å². The molecule has 0 N–H and O–H groups in total. The number of ether oxygens (including phenoxy) is 1. The average Bonchev–Trinajstić information content (AvgIpc) is 2.68. The van der Waals surface area contributed by atoms with E-state index in [-0.39, 0.29) is 11.4 Å². The number of benzene rings is 3. The zero-order valence-corrected chi connectivity index (χ0v) is 14.4.